The SMILES string of the molecule is O=C(O)CN1CCN(CC(=O)O)CCN(Cc2cn(CCOC3Oc4nc3c(-c3c(F)c(F)c(F)c(F)c3F)c3ccc([nH]3)c(-c3c(F)c(F)c(F)c(F)c3F)c3nc(c(-c5c(F)c(F)c(F)c(F)c5F)c5ccc([nH]5)c4-c4c(F)c(F)c(F)c(F)c4F)C=C3)nn2)CCN(CC(=O)O)CC1. The third-order valence-corrected chi connectivity index (χ3v) is 16.1. The van der Waals surface area contributed by atoms with Crippen LogP contribution < -0.4 is 4.74 Å². The van der Waals surface area contributed by atoms with Crippen LogP contribution in [-0.2, 0) is 32.2 Å². The van der Waals surface area contributed by atoms with Crippen LogP contribution >= 0.6 is 0 Å². The highest BCUT2D eigenvalue weighted by Crippen LogP contribution is 2.48. The topological polar surface area (TPSA) is 231 Å². The van der Waals surface area contributed by atoms with E-state index in [9.17, 15) is 42.9 Å². The minimum atomic E-state index is -2.83. The molecule has 8 bridgehead atoms. The van der Waals surface area contributed by atoms with Gasteiger partial charge in [-0.15, -0.1) is 5.10 Å². The molecule has 8 aromatic rings. The zero-order valence-corrected chi connectivity index (χ0v) is 50.5. The molecule has 0 saturated carbocycles. The lowest BCUT2D eigenvalue weighted by Crippen LogP contribution is -2.48. The Hall–Kier alpha value is -10.5. The van der Waals surface area contributed by atoms with Crippen LogP contribution in [0.4, 0.5) is 87.8 Å². The van der Waals surface area contributed by atoms with E-state index in [4.69, 9.17) is 9.47 Å². The summed E-state index contributed by atoms with van der Waals surface area (Å²) in [5, 5.41) is 37.0. The average Bonchev–Trinajstić information content (AvgIpc) is 1.63. The summed E-state index contributed by atoms with van der Waals surface area (Å²) in [5.41, 5.74) is -22.0. The van der Waals surface area contributed by atoms with Gasteiger partial charge < -0.3 is 34.8 Å². The van der Waals surface area contributed by atoms with Crippen molar-refractivity contribution >= 4 is 52.1 Å². The number of fused-ring (bicyclic) bond motifs is 8. The van der Waals surface area contributed by atoms with E-state index in [0.29, 0.717) is 36.4 Å². The molecule has 0 spiro atoms. The second-order valence-electron chi connectivity index (χ2n) is 22.4. The molecule has 39 heteroatoms. The molecular weight excluding hydrogens is 1410 g/mol. The number of carboxylic acids is 3. The first-order valence-electron chi connectivity index (χ1n) is 29.1. The first-order chi connectivity index (χ1) is 47.9. The third-order valence-electron chi connectivity index (χ3n) is 16.1. The molecule has 1 unspecified atom stereocenters. The first-order valence-corrected chi connectivity index (χ1v) is 29.1. The Morgan fingerprint density at radius 1 is 0.416 bits per heavy atom. The van der Waals surface area contributed by atoms with Crippen molar-refractivity contribution in [2.24, 2.45) is 0 Å². The average molecular weight is 1450 g/mol. The summed E-state index contributed by atoms with van der Waals surface area (Å²) >= 11 is 0. The molecule has 11 rings (SSSR count). The minimum Gasteiger partial charge on any atom is -0.480 e. The standard InChI is InChI=1S/C62H41F20N11O8/c63-40-36(41(64)49(72)56(79)48(40)71)32-23-1-2-24(83-23)33(37-42(65)50(73)57(80)51(74)43(37)66)26-4-6-28(85-26)35(39-46(69)54(77)59(82)55(78)47(39)70)61-86-60(34(27-5-3-25(32)84-27)38-44(67)52(75)58(81)53(76)45(38)68)62(101-61)100-16-15-93-18-22(87-88-93)17-89-7-9-90(19-29(94)95)11-13-92(21-31(98)99)14-12-91(10-8-89)20-30(96)97/h1-6,18,62,84-85H,7-17,19-21H2,(H,94,95)(H,96,97)(H,98,99). The Morgan fingerprint density at radius 2 is 0.723 bits per heavy atom. The van der Waals surface area contributed by atoms with Crippen LogP contribution in [0.1, 0.15) is 29.1 Å². The van der Waals surface area contributed by atoms with Gasteiger partial charge in [0.05, 0.1) is 83.2 Å². The number of halogens is 20. The van der Waals surface area contributed by atoms with Crippen LogP contribution in [0.5, 0.6) is 5.88 Å². The number of carboxylic acid groups (broad SMARTS) is 3. The van der Waals surface area contributed by atoms with Crippen LogP contribution in [0.15, 0.2) is 30.5 Å². The van der Waals surface area contributed by atoms with Crippen molar-refractivity contribution in [1.82, 2.24) is 54.5 Å². The van der Waals surface area contributed by atoms with E-state index < -0.39 is 263 Å². The minimum absolute atomic E-state index is 0.0372. The van der Waals surface area contributed by atoms with Crippen molar-refractivity contribution < 1.29 is 127 Å². The highest BCUT2D eigenvalue weighted by atomic mass is 19.2. The van der Waals surface area contributed by atoms with E-state index >= 15 is 74.6 Å². The number of hydrogen-bond acceptors (Lipinski definition) is 13. The first kappa shape index (κ1) is 71.8. The van der Waals surface area contributed by atoms with E-state index in [-0.39, 0.29) is 64.6 Å². The van der Waals surface area contributed by atoms with Gasteiger partial charge in [-0.3, -0.25) is 34.0 Å². The van der Waals surface area contributed by atoms with Crippen molar-refractivity contribution in [3.63, 3.8) is 0 Å². The molecule has 0 amide bonds. The molecule has 3 aliphatic heterocycles. The van der Waals surface area contributed by atoms with Crippen LogP contribution in [0.2, 0.25) is 0 Å². The lowest BCUT2D eigenvalue weighted by Gasteiger charge is -2.32. The van der Waals surface area contributed by atoms with Crippen molar-refractivity contribution in [2.45, 2.75) is 19.4 Å². The molecule has 0 radical (unpaired) electrons. The molecule has 4 aromatic heterocycles. The monoisotopic (exact) mass is 1450 g/mol. The summed E-state index contributed by atoms with van der Waals surface area (Å²) in [6, 6.07) is 2.14. The second kappa shape index (κ2) is 28.6. The molecule has 1 fully saturated rings. The number of carbonyl (C=O) groups is 3. The van der Waals surface area contributed by atoms with Crippen LogP contribution in [0.3, 0.4) is 0 Å². The van der Waals surface area contributed by atoms with Gasteiger partial charge >= 0.3 is 17.9 Å². The predicted molar refractivity (Wildman–Crippen MR) is 308 cm³/mol. The lowest BCUT2D eigenvalue weighted by atomic mass is 10.0. The van der Waals surface area contributed by atoms with Gasteiger partial charge in [-0.1, -0.05) is 5.21 Å². The van der Waals surface area contributed by atoms with E-state index in [2.05, 4.69) is 30.2 Å². The molecule has 3 aliphatic rings. The van der Waals surface area contributed by atoms with E-state index in [1.54, 1.807) is 4.90 Å². The van der Waals surface area contributed by atoms with Crippen LogP contribution in [-0.4, -0.2) is 166 Å². The molecule has 1 saturated heterocycles. The molecule has 101 heavy (non-hydrogen) atoms. The smallest absolute Gasteiger partial charge is 0.317 e. The Bertz CT molecular complexity index is 4810. The highest BCUT2D eigenvalue weighted by Gasteiger charge is 2.39. The fourth-order valence-corrected chi connectivity index (χ4v) is 11.4. The fraction of sp³-hybridized carbons (Fsp3) is 0.242. The summed E-state index contributed by atoms with van der Waals surface area (Å²) in [7, 11) is 0. The van der Waals surface area contributed by atoms with E-state index in [0.717, 1.165) is 4.68 Å². The number of nitrogens with one attached hydrogen (secondary N) is 2. The summed E-state index contributed by atoms with van der Waals surface area (Å²) in [6.07, 6.45) is -0.356. The van der Waals surface area contributed by atoms with Gasteiger partial charge in [0, 0.05) is 98.3 Å². The number of aliphatic carboxylic acids is 3. The highest BCUT2D eigenvalue weighted by molar-refractivity contribution is 5.98. The number of hydrogen-bond donors (Lipinski definition) is 5. The molecule has 1 atom stereocenters. The summed E-state index contributed by atoms with van der Waals surface area (Å²) in [5.74, 6) is -60.1. The fourth-order valence-electron chi connectivity index (χ4n) is 11.4. The number of aromatic nitrogens is 7. The van der Waals surface area contributed by atoms with E-state index in [1.165, 1.54) is 20.9 Å². The van der Waals surface area contributed by atoms with Gasteiger partial charge in [0.2, 0.25) is 35.4 Å². The zero-order valence-electron chi connectivity index (χ0n) is 50.5. The second-order valence-corrected chi connectivity index (χ2v) is 22.4. The maximum absolute atomic E-state index is 16.7. The van der Waals surface area contributed by atoms with Gasteiger partial charge in [-0.05, 0) is 36.4 Å². The number of aromatic amines is 2. The largest absolute Gasteiger partial charge is 0.480 e. The molecule has 7 heterocycles. The maximum Gasteiger partial charge on any atom is 0.317 e. The quantitative estimate of drug-likeness (QED) is 0.0344. The molecule has 0 aliphatic carbocycles. The Kier molecular flexibility index (Phi) is 20.3. The lowest BCUT2D eigenvalue weighted by molar-refractivity contribution is -0.140. The van der Waals surface area contributed by atoms with Gasteiger partial charge in [-0.2, -0.15) is 0 Å². The number of benzene rings is 4. The maximum atomic E-state index is 16.7. The van der Waals surface area contributed by atoms with Gasteiger partial charge in [0.15, 0.2) is 93.1 Å². The Morgan fingerprint density at radius 3 is 1.08 bits per heavy atom. The van der Waals surface area contributed by atoms with Crippen molar-refractivity contribution in [3.05, 3.63) is 170 Å². The summed E-state index contributed by atoms with van der Waals surface area (Å²) in [4.78, 5) is 54.1. The molecule has 532 valence electrons. The normalized spacial score (nSPS) is 15.3. The van der Waals surface area contributed by atoms with Crippen LogP contribution in [0.25, 0.3) is 78.7 Å². The van der Waals surface area contributed by atoms with Crippen molar-refractivity contribution in [2.75, 3.05) is 78.6 Å². The van der Waals surface area contributed by atoms with Gasteiger partial charge in [0.25, 0.3) is 0 Å². The Labute approximate surface area is 550 Å². The molecule has 5 N–H and O–H groups in total. The number of ether oxygens (including phenoxy) is 2. The third kappa shape index (κ3) is 13.7. The zero-order chi connectivity index (χ0) is 73.1. The summed E-state index contributed by atoms with van der Waals surface area (Å²) < 4.78 is 328. The number of H-pyrrole nitrogens is 2. The van der Waals surface area contributed by atoms with E-state index in [1.807, 2.05) is 0 Å². The van der Waals surface area contributed by atoms with Crippen molar-refractivity contribution in [1.29, 1.82) is 0 Å². The van der Waals surface area contributed by atoms with Crippen LogP contribution in [0, 0.1) is 116 Å². The van der Waals surface area contributed by atoms with Gasteiger partial charge in [0.1, 0.15) is 5.69 Å². The predicted octanol–water partition coefficient (Wildman–Crippen LogP) is 11.3. The molecule has 19 nitrogen and oxygen atoms in total. The molecule has 4 aromatic carbocycles. The Balaban J connectivity index is 1.13. The number of nitrogens with zero attached hydrogens (tertiary/aromatic N) is 9. The van der Waals surface area contributed by atoms with Gasteiger partial charge in [-0.25, -0.2) is 102 Å². The summed E-state index contributed by atoms with van der Waals surface area (Å²) in [6.45, 7) is -2.67. The molecular formula is C62H41F20N11O8. The van der Waals surface area contributed by atoms with Crippen molar-refractivity contribution in [3.8, 4) is 50.4 Å². The number of rotatable bonds is 16.